The van der Waals surface area contributed by atoms with E-state index in [1.54, 1.807) is 12.4 Å². The van der Waals surface area contributed by atoms with Gasteiger partial charge in [-0.1, -0.05) is 24.3 Å². The summed E-state index contributed by atoms with van der Waals surface area (Å²) in [6.45, 7) is 0. The molecule has 5 nitrogen and oxygen atoms in total. The van der Waals surface area contributed by atoms with Crippen LogP contribution in [0.15, 0.2) is 65.6 Å². The zero-order valence-corrected chi connectivity index (χ0v) is 12.0. The van der Waals surface area contributed by atoms with Gasteiger partial charge in [0.05, 0.1) is 22.8 Å². The van der Waals surface area contributed by atoms with Crippen molar-refractivity contribution in [3.05, 3.63) is 61.2 Å². The summed E-state index contributed by atoms with van der Waals surface area (Å²) in [4.78, 5) is 17.4. The maximum atomic E-state index is 5.74. The van der Waals surface area contributed by atoms with E-state index in [0.717, 1.165) is 33.1 Å². The number of aromatic nitrogens is 4. The Morgan fingerprint density at radius 3 is 2.87 bits per heavy atom. The van der Waals surface area contributed by atoms with Crippen LogP contribution in [0.4, 0.5) is 0 Å². The summed E-state index contributed by atoms with van der Waals surface area (Å²) in [5.41, 5.74) is 4.72. The molecule has 4 heterocycles. The normalized spacial score (nSPS) is 11.5. The van der Waals surface area contributed by atoms with Gasteiger partial charge in [-0.3, -0.25) is 0 Å². The number of furan rings is 1. The lowest BCUT2D eigenvalue weighted by molar-refractivity contribution is 0.651. The Kier molecular flexibility index (Phi) is 2.43. The number of nitrogens with zero attached hydrogens (tertiary/aromatic N) is 4. The molecule has 1 aromatic carbocycles. The predicted molar refractivity (Wildman–Crippen MR) is 87.8 cm³/mol. The largest absolute Gasteiger partial charge is 0.434 e. The zero-order valence-electron chi connectivity index (χ0n) is 12.0. The van der Waals surface area contributed by atoms with E-state index in [2.05, 4.69) is 27.1 Å². The van der Waals surface area contributed by atoms with E-state index in [1.807, 2.05) is 30.3 Å². The number of pyridine rings is 2. The molecule has 0 aliphatic carbocycles. The second-order valence-electron chi connectivity index (χ2n) is 5.27. The Morgan fingerprint density at radius 1 is 0.913 bits per heavy atom. The number of fused-ring (bicyclic) bond motifs is 4. The van der Waals surface area contributed by atoms with Crippen molar-refractivity contribution < 1.29 is 4.42 Å². The van der Waals surface area contributed by atoms with Gasteiger partial charge in [0.1, 0.15) is 11.8 Å². The quantitative estimate of drug-likeness (QED) is 0.468. The Bertz CT molecular complexity index is 1180. The second-order valence-corrected chi connectivity index (χ2v) is 5.27. The fourth-order valence-electron chi connectivity index (χ4n) is 2.86. The van der Waals surface area contributed by atoms with Crippen molar-refractivity contribution in [3.8, 4) is 11.3 Å². The van der Waals surface area contributed by atoms with Crippen LogP contribution in [0.1, 0.15) is 0 Å². The minimum atomic E-state index is 0.549. The van der Waals surface area contributed by atoms with E-state index in [0.29, 0.717) is 11.3 Å². The van der Waals surface area contributed by atoms with E-state index in [1.165, 1.54) is 6.33 Å². The van der Waals surface area contributed by atoms with Crippen molar-refractivity contribution in [2.45, 2.75) is 0 Å². The summed E-state index contributed by atoms with van der Waals surface area (Å²) in [7, 11) is 0. The average Bonchev–Trinajstić information content (AvgIpc) is 3.00. The summed E-state index contributed by atoms with van der Waals surface area (Å²) < 4.78 is 5.74. The minimum Gasteiger partial charge on any atom is -0.434 e. The molecule has 0 saturated carbocycles. The monoisotopic (exact) mass is 298 g/mol. The van der Waals surface area contributed by atoms with Crippen LogP contribution in [0.5, 0.6) is 0 Å². The molecule has 0 aliphatic rings. The molecule has 0 amide bonds. The fraction of sp³-hybridized carbons (Fsp3) is 0. The molecule has 5 rings (SSSR count). The molecule has 0 spiro atoms. The van der Waals surface area contributed by atoms with Gasteiger partial charge < -0.3 is 4.42 Å². The van der Waals surface area contributed by atoms with Gasteiger partial charge in [-0.05, 0) is 18.2 Å². The van der Waals surface area contributed by atoms with Crippen molar-refractivity contribution in [3.63, 3.8) is 0 Å². The molecule has 4 aromatic heterocycles. The number of hydrogen-bond donors (Lipinski definition) is 0. The number of rotatable bonds is 1. The maximum Gasteiger partial charge on any atom is 0.229 e. The summed E-state index contributed by atoms with van der Waals surface area (Å²) in [5.74, 6) is 0. The van der Waals surface area contributed by atoms with Crippen molar-refractivity contribution in [1.82, 2.24) is 19.9 Å². The molecule has 108 valence electrons. The lowest BCUT2D eigenvalue weighted by atomic mass is 10.1. The third-order valence-corrected chi connectivity index (χ3v) is 3.91. The molecule has 0 bridgehead atoms. The molecule has 0 unspecified atom stereocenters. The van der Waals surface area contributed by atoms with Gasteiger partial charge in [-0.2, -0.15) is 0 Å². The van der Waals surface area contributed by atoms with Crippen molar-refractivity contribution in [2.75, 3.05) is 0 Å². The molecule has 0 N–H and O–H groups in total. The van der Waals surface area contributed by atoms with Gasteiger partial charge in [0.15, 0.2) is 5.58 Å². The molecular weight excluding hydrogens is 288 g/mol. The van der Waals surface area contributed by atoms with Crippen molar-refractivity contribution in [2.24, 2.45) is 0 Å². The summed E-state index contributed by atoms with van der Waals surface area (Å²) in [5, 5.41) is 1.98. The lowest BCUT2D eigenvalue weighted by Gasteiger charge is -2.04. The lowest BCUT2D eigenvalue weighted by Crippen LogP contribution is -1.87. The standard InChI is InChI=1S/C18H10N4O/c1-2-4-13-11(3-1)5-6-14(22-13)12-7-8-20-18-16(12)17-15(23-18)9-19-10-21-17/h1-10H. The molecule has 0 aliphatic heterocycles. The molecule has 0 radical (unpaired) electrons. The number of para-hydroxylation sites is 1. The van der Waals surface area contributed by atoms with Crippen LogP contribution >= 0.6 is 0 Å². The van der Waals surface area contributed by atoms with E-state index in [9.17, 15) is 0 Å². The van der Waals surface area contributed by atoms with Crippen LogP contribution in [0, 0.1) is 0 Å². The first kappa shape index (κ1) is 12.2. The summed E-state index contributed by atoms with van der Waals surface area (Å²) in [6.07, 6.45) is 4.90. The third kappa shape index (κ3) is 1.80. The molecule has 5 heteroatoms. The summed E-state index contributed by atoms with van der Waals surface area (Å²) in [6, 6.07) is 14.1. The Labute approximate surface area is 130 Å². The highest BCUT2D eigenvalue weighted by atomic mass is 16.3. The van der Waals surface area contributed by atoms with Crippen LogP contribution in [-0.4, -0.2) is 19.9 Å². The van der Waals surface area contributed by atoms with E-state index >= 15 is 0 Å². The van der Waals surface area contributed by atoms with Gasteiger partial charge in [0.25, 0.3) is 0 Å². The van der Waals surface area contributed by atoms with Crippen LogP contribution < -0.4 is 0 Å². The SMILES string of the molecule is c1ccc2nc(-c3ccnc4oc5cncnc5c34)ccc2c1. The zero-order chi connectivity index (χ0) is 15.2. The van der Waals surface area contributed by atoms with Gasteiger partial charge in [-0.25, -0.2) is 19.9 Å². The first-order valence-corrected chi connectivity index (χ1v) is 7.23. The maximum absolute atomic E-state index is 5.74. The number of hydrogen-bond acceptors (Lipinski definition) is 5. The second kappa shape index (κ2) is 4.58. The van der Waals surface area contributed by atoms with Crippen LogP contribution in [0.2, 0.25) is 0 Å². The molecule has 0 atom stereocenters. The molecule has 5 aromatic rings. The Balaban J connectivity index is 1.87. The topological polar surface area (TPSA) is 64.7 Å². The van der Waals surface area contributed by atoms with Gasteiger partial charge >= 0.3 is 0 Å². The highest BCUT2D eigenvalue weighted by molar-refractivity contribution is 6.08. The van der Waals surface area contributed by atoms with E-state index in [-0.39, 0.29) is 0 Å². The van der Waals surface area contributed by atoms with Crippen LogP contribution in [-0.2, 0) is 0 Å². The third-order valence-electron chi connectivity index (χ3n) is 3.91. The van der Waals surface area contributed by atoms with E-state index < -0.39 is 0 Å². The van der Waals surface area contributed by atoms with Crippen LogP contribution in [0.25, 0.3) is 44.4 Å². The van der Waals surface area contributed by atoms with Gasteiger partial charge in [0.2, 0.25) is 5.71 Å². The van der Waals surface area contributed by atoms with Crippen LogP contribution in [0.3, 0.4) is 0 Å². The first-order chi connectivity index (χ1) is 11.4. The molecular formula is C18H10N4O. The number of benzene rings is 1. The average molecular weight is 298 g/mol. The van der Waals surface area contributed by atoms with Crippen molar-refractivity contribution >= 4 is 33.1 Å². The highest BCUT2D eigenvalue weighted by Gasteiger charge is 2.15. The van der Waals surface area contributed by atoms with Gasteiger partial charge in [-0.15, -0.1) is 0 Å². The molecule has 0 saturated heterocycles. The predicted octanol–water partition coefficient (Wildman–Crippen LogP) is 3.99. The first-order valence-electron chi connectivity index (χ1n) is 7.23. The van der Waals surface area contributed by atoms with E-state index in [4.69, 9.17) is 9.40 Å². The highest BCUT2D eigenvalue weighted by Crippen LogP contribution is 2.33. The molecule has 0 fully saturated rings. The Hall–Kier alpha value is -3.34. The minimum absolute atomic E-state index is 0.549. The van der Waals surface area contributed by atoms with Gasteiger partial charge in [0, 0.05) is 17.1 Å². The van der Waals surface area contributed by atoms with Crippen molar-refractivity contribution in [1.29, 1.82) is 0 Å². The fourth-order valence-corrected chi connectivity index (χ4v) is 2.86. The molecule has 23 heavy (non-hydrogen) atoms. The summed E-state index contributed by atoms with van der Waals surface area (Å²) >= 11 is 0. The Morgan fingerprint density at radius 2 is 1.87 bits per heavy atom. The smallest absolute Gasteiger partial charge is 0.229 e.